The monoisotopic (exact) mass is 295 g/mol. The lowest BCUT2D eigenvalue weighted by atomic mass is 10.1. The lowest BCUT2D eigenvalue weighted by molar-refractivity contribution is 0.0698. The van der Waals surface area contributed by atoms with Crippen molar-refractivity contribution in [2.45, 2.75) is 6.54 Å². The van der Waals surface area contributed by atoms with Crippen molar-refractivity contribution in [1.82, 2.24) is 0 Å². The largest absolute Gasteiger partial charge is 0.478 e. The second kappa shape index (κ2) is 5.95. The average Bonchev–Trinajstić information content (AvgIpc) is 2.40. The minimum absolute atomic E-state index is 0.223. The number of para-hydroxylation sites is 1. The summed E-state index contributed by atoms with van der Waals surface area (Å²) in [6.45, 7) is 0.406. The van der Waals surface area contributed by atoms with Gasteiger partial charge >= 0.3 is 5.97 Å². The molecule has 0 spiro atoms. The van der Waals surface area contributed by atoms with Crippen molar-refractivity contribution in [1.29, 1.82) is 0 Å². The van der Waals surface area contributed by atoms with Gasteiger partial charge in [0.05, 0.1) is 15.6 Å². The van der Waals surface area contributed by atoms with Gasteiger partial charge in [0, 0.05) is 12.2 Å². The van der Waals surface area contributed by atoms with Gasteiger partial charge in [-0.05, 0) is 23.8 Å². The quantitative estimate of drug-likeness (QED) is 0.884. The predicted molar refractivity (Wildman–Crippen MR) is 77.2 cm³/mol. The molecule has 0 atom stereocenters. The second-order valence-corrected chi connectivity index (χ2v) is 4.70. The van der Waals surface area contributed by atoms with E-state index in [0.717, 1.165) is 5.56 Å². The molecule has 0 bridgehead atoms. The SMILES string of the molecule is O=C(O)c1ccccc1NCc1cccc(Cl)c1Cl. The zero-order chi connectivity index (χ0) is 13.8. The number of halogens is 2. The van der Waals surface area contributed by atoms with E-state index < -0.39 is 5.97 Å². The molecule has 19 heavy (non-hydrogen) atoms. The van der Waals surface area contributed by atoms with Crippen molar-refractivity contribution in [3.05, 3.63) is 63.6 Å². The fourth-order valence-electron chi connectivity index (χ4n) is 1.70. The zero-order valence-electron chi connectivity index (χ0n) is 9.86. The highest BCUT2D eigenvalue weighted by Crippen LogP contribution is 2.26. The summed E-state index contributed by atoms with van der Waals surface area (Å²) in [6.07, 6.45) is 0. The molecule has 0 fully saturated rings. The van der Waals surface area contributed by atoms with Crippen molar-refractivity contribution in [3.63, 3.8) is 0 Å². The summed E-state index contributed by atoms with van der Waals surface area (Å²) in [4.78, 5) is 11.1. The van der Waals surface area contributed by atoms with Gasteiger partial charge in [0.2, 0.25) is 0 Å². The third kappa shape index (κ3) is 3.19. The van der Waals surface area contributed by atoms with Gasteiger partial charge in [0.15, 0.2) is 0 Å². The standard InChI is InChI=1S/C14H11Cl2NO2/c15-11-6-3-4-9(13(11)16)8-17-12-7-2-1-5-10(12)14(18)19/h1-7,17H,8H2,(H,18,19). The molecule has 2 aromatic rings. The lowest BCUT2D eigenvalue weighted by Gasteiger charge is -2.11. The fraction of sp³-hybridized carbons (Fsp3) is 0.0714. The summed E-state index contributed by atoms with van der Waals surface area (Å²) < 4.78 is 0. The Morgan fingerprint density at radius 2 is 1.84 bits per heavy atom. The summed E-state index contributed by atoms with van der Waals surface area (Å²) in [6, 6.07) is 12.1. The number of aromatic carboxylic acids is 1. The van der Waals surface area contributed by atoms with Crippen LogP contribution in [0.1, 0.15) is 15.9 Å². The van der Waals surface area contributed by atoms with Crippen molar-refractivity contribution in [2.75, 3.05) is 5.32 Å². The summed E-state index contributed by atoms with van der Waals surface area (Å²) in [7, 11) is 0. The highest BCUT2D eigenvalue weighted by molar-refractivity contribution is 6.42. The van der Waals surface area contributed by atoms with E-state index in [1.807, 2.05) is 6.07 Å². The number of anilines is 1. The van der Waals surface area contributed by atoms with Crippen molar-refractivity contribution < 1.29 is 9.90 Å². The van der Waals surface area contributed by atoms with Crippen LogP contribution < -0.4 is 5.32 Å². The smallest absolute Gasteiger partial charge is 0.337 e. The van der Waals surface area contributed by atoms with E-state index in [0.29, 0.717) is 22.3 Å². The summed E-state index contributed by atoms with van der Waals surface area (Å²) in [5, 5.41) is 13.1. The van der Waals surface area contributed by atoms with Crippen molar-refractivity contribution in [3.8, 4) is 0 Å². The number of hydrogen-bond donors (Lipinski definition) is 2. The Balaban J connectivity index is 2.19. The van der Waals surface area contributed by atoms with Gasteiger partial charge in [-0.25, -0.2) is 4.79 Å². The number of carboxylic acid groups (broad SMARTS) is 1. The molecule has 5 heteroatoms. The Morgan fingerprint density at radius 1 is 1.11 bits per heavy atom. The van der Waals surface area contributed by atoms with Crippen LogP contribution in [0.5, 0.6) is 0 Å². The van der Waals surface area contributed by atoms with Crippen LogP contribution in [0.2, 0.25) is 10.0 Å². The molecule has 2 N–H and O–H groups in total. The molecule has 0 aromatic heterocycles. The van der Waals surface area contributed by atoms with Crippen LogP contribution in [0.3, 0.4) is 0 Å². The molecule has 0 aliphatic heterocycles. The molecule has 0 saturated carbocycles. The first kappa shape index (κ1) is 13.7. The summed E-state index contributed by atoms with van der Waals surface area (Å²) in [5.74, 6) is -0.972. The van der Waals surface area contributed by atoms with Crippen LogP contribution in [0.4, 0.5) is 5.69 Å². The maximum atomic E-state index is 11.1. The van der Waals surface area contributed by atoms with Gasteiger partial charge in [0.25, 0.3) is 0 Å². The molecule has 0 saturated heterocycles. The summed E-state index contributed by atoms with van der Waals surface area (Å²) >= 11 is 12.0. The van der Waals surface area contributed by atoms with Crippen LogP contribution in [-0.4, -0.2) is 11.1 Å². The van der Waals surface area contributed by atoms with Gasteiger partial charge in [-0.1, -0.05) is 47.5 Å². The number of hydrogen-bond acceptors (Lipinski definition) is 2. The molecule has 0 aliphatic rings. The molecule has 0 amide bonds. The number of carboxylic acids is 1. The molecular formula is C14H11Cl2NO2. The van der Waals surface area contributed by atoms with E-state index in [4.69, 9.17) is 28.3 Å². The highest BCUT2D eigenvalue weighted by Gasteiger charge is 2.09. The van der Waals surface area contributed by atoms with Crippen LogP contribution in [0, 0.1) is 0 Å². The van der Waals surface area contributed by atoms with Crippen LogP contribution >= 0.6 is 23.2 Å². The molecular weight excluding hydrogens is 285 g/mol. The Morgan fingerprint density at radius 3 is 2.58 bits per heavy atom. The predicted octanol–water partition coefficient (Wildman–Crippen LogP) is 4.30. The molecule has 0 unspecified atom stereocenters. The highest BCUT2D eigenvalue weighted by atomic mass is 35.5. The third-order valence-electron chi connectivity index (χ3n) is 2.66. The van der Waals surface area contributed by atoms with E-state index in [2.05, 4.69) is 5.32 Å². The Hall–Kier alpha value is -1.71. The molecule has 0 aliphatic carbocycles. The molecule has 0 radical (unpaired) electrons. The topological polar surface area (TPSA) is 49.3 Å². The number of rotatable bonds is 4. The summed E-state index contributed by atoms with van der Waals surface area (Å²) in [5.41, 5.74) is 1.58. The Kier molecular flexibility index (Phi) is 4.30. The molecule has 2 aromatic carbocycles. The Bertz CT molecular complexity index is 614. The van der Waals surface area contributed by atoms with E-state index in [-0.39, 0.29) is 5.56 Å². The Labute approximate surface area is 120 Å². The maximum Gasteiger partial charge on any atom is 0.337 e. The molecule has 2 rings (SSSR count). The molecule has 0 heterocycles. The molecule has 98 valence electrons. The number of carbonyl (C=O) groups is 1. The number of benzene rings is 2. The van der Waals surface area contributed by atoms with Gasteiger partial charge < -0.3 is 10.4 Å². The average molecular weight is 296 g/mol. The van der Waals surface area contributed by atoms with Crippen LogP contribution in [-0.2, 0) is 6.54 Å². The normalized spacial score (nSPS) is 10.2. The van der Waals surface area contributed by atoms with Gasteiger partial charge in [0.1, 0.15) is 0 Å². The van der Waals surface area contributed by atoms with Gasteiger partial charge in [-0.3, -0.25) is 0 Å². The van der Waals surface area contributed by atoms with E-state index in [1.165, 1.54) is 0 Å². The molecule has 3 nitrogen and oxygen atoms in total. The zero-order valence-corrected chi connectivity index (χ0v) is 11.4. The van der Waals surface area contributed by atoms with E-state index in [1.54, 1.807) is 36.4 Å². The first-order valence-corrected chi connectivity index (χ1v) is 6.34. The first-order valence-electron chi connectivity index (χ1n) is 5.58. The van der Waals surface area contributed by atoms with Crippen molar-refractivity contribution in [2.24, 2.45) is 0 Å². The first-order chi connectivity index (χ1) is 9.09. The lowest BCUT2D eigenvalue weighted by Crippen LogP contribution is -2.06. The van der Waals surface area contributed by atoms with Crippen LogP contribution in [0.15, 0.2) is 42.5 Å². The van der Waals surface area contributed by atoms with Crippen molar-refractivity contribution >= 4 is 34.9 Å². The minimum atomic E-state index is -0.972. The van der Waals surface area contributed by atoms with E-state index in [9.17, 15) is 4.79 Å². The van der Waals surface area contributed by atoms with Gasteiger partial charge in [-0.2, -0.15) is 0 Å². The minimum Gasteiger partial charge on any atom is -0.478 e. The third-order valence-corrected chi connectivity index (χ3v) is 3.52. The van der Waals surface area contributed by atoms with E-state index >= 15 is 0 Å². The fourth-order valence-corrected chi connectivity index (χ4v) is 2.09. The van der Waals surface area contributed by atoms with Gasteiger partial charge in [-0.15, -0.1) is 0 Å². The number of nitrogens with one attached hydrogen (secondary N) is 1. The second-order valence-electron chi connectivity index (χ2n) is 3.92. The van der Waals surface area contributed by atoms with Crippen LogP contribution in [0.25, 0.3) is 0 Å². The maximum absolute atomic E-state index is 11.1.